The maximum Gasteiger partial charge on any atom is 0.321 e. The van der Waals surface area contributed by atoms with E-state index in [1.165, 1.54) is 18.2 Å². The second-order valence-electron chi connectivity index (χ2n) is 7.23. The maximum absolute atomic E-state index is 12.1. The van der Waals surface area contributed by atoms with Crippen molar-refractivity contribution in [2.24, 2.45) is 0 Å². The van der Waals surface area contributed by atoms with Crippen LogP contribution in [0.5, 0.6) is 11.5 Å². The number of imide groups is 1. The summed E-state index contributed by atoms with van der Waals surface area (Å²) in [5, 5.41) is 14.4. The monoisotopic (exact) mass is 447 g/mol. The molecule has 0 unspecified atom stereocenters. The molecule has 31 heavy (non-hydrogen) atoms. The number of hydrogen-bond acceptors (Lipinski definition) is 7. The Labute approximate surface area is 186 Å². The van der Waals surface area contributed by atoms with Gasteiger partial charge in [-0.05, 0) is 38.0 Å². The van der Waals surface area contributed by atoms with Gasteiger partial charge in [0.2, 0.25) is 5.91 Å². The Balaban J connectivity index is 1.86. The zero-order valence-electron chi connectivity index (χ0n) is 18.1. The molecular weight excluding hydrogens is 418 g/mol. The fourth-order valence-corrected chi connectivity index (χ4v) is 4.52. The normalized spacial score (nSPS) is 14.2. The predicted octanol–water partition coefficient (Wildman–Crippen LogP) is 3.41. The van der Waals surface area contributed by atoms with Crippen molar-refractivity contribution in [1.82, 2.24) is 25.4 Å². The van der Waals surface area contributed by atoms with Crippen LogP contribution in [0, 0.1) is 0 Å². The lowest BCUT2D eigenvalue weighted by Gasteiger charge is -2.25. The van der Waals surface area contributed by atoms with Crippen LogP contribution in [0.15, 0.2) is 23.4 Å². The van der Waals surface area contributed by atoms with Crippen LogP contribution in [0.2, 0.25) is 0 Å². The smallest absolute Gasteiger partial charge is 0.321 e. The number of ether oxygens (including phenoxy) is 2. The second kappa shape index (κ2) is 11.0. The van der Waals surface area contributed by atoms with Gasteiger partial charge in [0.05, 0.1) is 20.0 Å². The van der Waals surface area contributed by atoms with E-state index < -0.39 is 6.03 Å². The molecular formula is C21H29N5O4S. The van der Waals surface area contributed by atoms with Crippen LogP contribution < -0.4 is 20.1 Å². The molecule has 1 aromatic carbocycles. The molecule has 3 amide bonds. The number of carbonyl (C=O) groups is 2. The topological polar surface area (TPSA) is 107 Å². The number of nitrogens with zero attached hydrogens (tertiary/aromatic N) is 3. The van der Waals surface area contributed by atoms with Gasteiger partial charge >= 0.3 is 6.03 Å². The van der Waals surface area contributed by atoms with E-state index in [0.29, 0.717) is 23.2 Å². The van der Waals surface area contributed by atoms with Gasteiger partial charge in [-0.1, -0.05) is 31.0 Å². The van der Waals surface area contributed by atoms with Crippen LogP contribution in [0.3, 0.4) is 0 Å². The quantitative estimate of drug-likeness (QED) is 0.597. The van der Waals surface area contributed by atoms with Crippen molar-refractivity contribution in [3.8, 4) is 22.9 Å². The summed E-state index contributed by atoms with van der Waals surface area (Å²) in [6, 6.07) is 5.44. The predicted molar refractivity (Wildman–Crippen MR) is 119 cm³/mol. The largest absolute Gasteiger partial charge is 0.493 e. The number of nitrogens with one attached hydrogen (secondary N) is 2. The first-order chi connectivity index (χ1) is 15.1. The van der Waals surface area contributed by atoms with Crippen LogP contribution in [-0.2, 0) is 4.79 Å². The van der Waals surface area contributed by atoms with Crippen molar-refractivity contribution in [1.29, 1.82) is 0 Å². The van der Waals surface area contributed by atoms with E-state index in [0.717, 1.165) is 37.1 Å². The average molecular weight is 448 g/mol. The minimum atomic E-state index is -0.493. The van der Waals surface area contributed by atoms with E-state index in [1.54, 1.807) is 21.1 Å². The SMILES string of the molecule is CCNC(=O)NC(=O)CSc1nnc(-c2ccc(OC)c(OC)c2)n1C1CCCCC1. The third kappa shape index (κ3) is 5.69. The molecule has 9 nitrogen and oxygen atoms in total. The number of benzene rings is 1. The molecule has 1 aliphatic carbocycles. The number of urea groups is 1. The van der Waals surface area contributed by atoms with E-state index >= 15 is 0 Å². The molecule has 0 radical (unpaired) electrons. The lowest BCUT2D eigenvalue weighted by molar-refractivity contribution is -0.117. The molecule has 0 spiro atoms. The fraction of sp³-hybridized carbons (Fsp3) is 0.524. The van der Waals surface area contributed by atoms with Gasteiger partial charge in [0.25, 0.3) is 0 Å². The molecule has 168 valence electrons. The number of carbonyl (C=O) groups excluding carboxylic acids is 2. The molecule has 0 aliphatic heterocycles. The first-order valence-electron chi connectivity index (χ1n) is 10.4. The first-order valence-corrected chi connectivity index (χ1v) is 11.4. The molecule has 10 heteroatoms. The Kier molecular flexibility index (Phi) is 8.16. The van der Waals surface area contributed by atoms with E-state index in [1.807, 2.05) is 18.2 Å². The van der Waals surface area contributed by atoms with Crippen molar-refractivity contribution in [2.75, 3.05) is 26.5 Å². The highest BCUT2D eigenvalue weighted by atomic mass is 32.2. The summed E-state index contributed by atoms with van der Waals surface area (Å²) >= 11 is 1.28. The van der Waals surface area contributed by atoms with Gasteiger partial charge in [-0.25, -0.2) is 4.79 Å². The molecule has 2 N–H and O–H groups in total. The van der Waals surface area contributed by atoms with E-state index in [9.17, 15) is 9.59 Å². The van der Waals surface area contributed by atoms with Crippen LogP contribution in [-0.4, -0.2) is 53.2 Å². The Morgan fingerprint density at radius 2 is 1.87 bits per heavy atom. The van der Waals surface area contributed by atoms with Gasteiger partial charge in [-0.3, -0.25) is 14.7 Å². The number of hydrogen-bond donors (Lipinski definition) is 2. The third-order valence-corrected chi connectivity index (χ3v) is 6.11. The Bertz CT molecular complexity index is 911. The van der Waals surface area contributed by atoms with Gasteiger partial charge in [0, 0.05) is 18.2 Å². The lowest BCUT2D eigenvalue weighted by Crippen LogP contribution is -2.40. The molecule has 1 aromatic heterocycles. The van der Waals surface area contributed by atoms with Crippen LogP contribution in [0.4, 0.5) is 4.79 Å². The summed E-state index contributed by atoms with van der Waals surface area (Å²) in [5.74, 6) is 1.70. The van der Waals surface area contributed by atoms with Crippen molar-refractivity contribution >= 4 is 23.7 Å². The van der Waals surface area contributed by atoms with Gasteiger partial charge < -0.3 is 14.8 Å². The number of thioether (sulfide) groups is 1. The van der Waals surface area contributed by atoms with Gasteiger partial charge in [0.15, 0.2) is 22.5 Å². The maximum atomic E-state index is 12.1. The highest BCUT2D eigenvalue weighted by molar-refractivity contribution is 7.99. The summed E-state index contributed by atoms with van der Waals surface area (Å²) in [6.45, 7) is 2.25. The van der Waals surface area contributed by atoms with E-state index in [2.05, 4.69) is 25.4 Å². The molecule has 2 aromatic rings. The van der Waals surface area contributed by atoms with E-state index in [-0.39, 0.29) is 17.7 Å². The first kappa shape index (κ1) is 22.9. The lowest BCUT2D eigenvalue weighted by atomic mass is 9.95. The van der Waals surface area contributed by atoms with Crippen LogP contribution in [0.1, 0.15) is 45.1 Å². The van der Waals surface area contributed by atoms with Gasteiger partial charge in [-0.15, -0.1) is 10.2 Å². The summed E-state index contributed by atoms with van der Waals surface area (Å²) in [5.41, 5.74) is 0.870. The zero-order chi connectivity index (χ0) is 22.2. The minimum Gasteiger partial charge on any atom is -0.493 e. The zero-order valence-corrected chi connectivity index (χ0v) is 19.0. The second-order valence-corrected chi connectivity index (χ2v) is 8.18. The molecule has 1 aliphatic rings. The molecule has 0 atom stereocenters. The Hall–Kier alpha value is -2.75. The Morgan fingerprint density at radius 1 is 1.13 bits per heavy atom. The number of amides is 3. The molecule has 0 bridgehead atoms. The summed E-state index contributed by atoms with van der Waals surface area (Å²) < 4.78 is 12.9. The van der Waals surface area contributed by atoms with Crippen molar-refractivity contribution < 1.29 is 19.1 Å². The van der Waals surface area contributed by atoms with Crippen molar-refractivity contribution in [3.05, 3.63) is 18.2 Å². The highest BCUT2D eigenvalue weighted by Crippen LogP contribution is 2.38. The standard InChI is InChI=1S/C21H29N5O4S/c1-4-22-20(28)23-18(27)13-31-21-25-24-19(26(21)15-8-6-5-7-9-15)14-10-11-16(29-2)17(12-14)30-3/h10-12,15H,4-9,13H2,1-3H3,(H2,22,23,27,28). The number of rotatable bonds is 8. The van der Waals surface area contributed by atoms with E-state index in [4.69, 9.17) is 9.47 Å². The van der Waals surface area contributed by atoms with Gasteiger partial charge in [-0.2, -0.15) is 0 Å². The van der Waals surface area contributed by atoms with Gasteiger partial charge in [0.1, 0.15) is 0 Å². The summed E-state index contributed by atoms with van der Waals surface area (Å²) in [4.78, 5) is 23.7. The summed E-state index contributed by atoms with van der Waals surface area (Å²) in [7, 11) is 3.20. The Morgan fingerprint density at radius 3 is 2.55 bits per heavy atom. The van der Waals surface area contributed by atoms with Crippen LogP contribution >= 0.6 is 11.8 Å². The molecule has 1 heterocycles. The number of aromatic nitrogens is 3. The van der Waals surface area contributed by atoms with Crippen molar-refractivity contribution in [2.45, 2.75) is 50.2 Å². The third-order valence-electron chi connectivity index (χ3n) is 5.17. The number of methoxy groups -OCH3 is 2. The molecule has 3 rings (SSSR count). The molecule has 1 fully saturated rings. The highest BCUT2D eigenvalue weighted by Gasteiger charge is 2.25. The minimum absolute atomic E-state index is 0.0773. The summed E-state index contributed by atoms with van der Waals surface area (Å²) in [6.07, 6.45) is 5.60. The van der Waals surface area contributed by atoms with Crippen LogP contribution in [0.25, 0.3) is 11.4 Å². The average Bonchev–Trinajstić information content (AvgIpc) is 3.22. The fourth-order valence-electron chi connectivity index (χ4n) is 3.71. The molecule has 1 saturated carbocycles. The van der Waals surface area contributed by atoms with Crippen molar-refractivity contribution in [3.63, 3.8) is 0 Å². The molecule has 0 saturated heterocycles.